The summed E-state index contributed by atoms with van der Waals surface area (Å²) in [6, 6.07) is 5.97. The van der Waals surface area contributed by atoms with Crippen molar-refractivity contribution in [3.8, 4) is 0 Å². The summed E-state index contributed by atoms with van der Waals surface area (Å²) >= 11 is 0. The van der Waals surface area contributed by atoms with E-state index in [0.717, 1.165) is 6.42 Å². The van der Waals surface area contributed by atoms with Crippen LogP contribution in [0.15, 0.2) is 24.3 Å². The molecule has 6 nitrogen and oxygen atoms in total. The summed E-state index contributed by atoms with van der Waals surface area (Å²) in [4.78, 5) is 21.7. The number of amides is 1. The third kappa shape index (κ3) is 5.48. The molecule has 0 aliphatic heterocycles. The van der Waals surface area contributed by atoms with Crippen LogP contribution in [0.4, 0.5) is 5.69 Å². The fourth-order valence-corrected chi connectivity index (χ4v) is 1.69. The Morgan fingerprint density at radius 1 is 1.53 bits per heavy atom. The van der Waals surface area contributed by atoms with Crippen LogP contribution in [0.2, 0.25) is 0 Å². The standard InChI is InChI=1S/C13H18N2O4/c1-2-4-12(16)9-14-13(17)8-10-5-3-6-11(7-10)15(18)19/h3,5-7,12,16H,2,4,8-9H2,1H3,(H,14,17). The van der Waals surface area contributed by atoms with Gasteiger partial charge >= 0.3 is 0 Å². The van der Waals surface area contributed by atoms with Crippen LogP contribution in [0.1, 0.15) is 25.3 Å². The van der Waals surface area contributed by atoms with Crippen molar-refractivity contribution in [2.24, 2.45) is 0 Å². The lowest BCUT2D eigenvalue weighted by Gasteiger charge is -2.10. The Balaban J connectivity index is 2.48. The summed E-state index contributed by atoms with van der Waals surface area (Å²) in [6.07, 6.45) is 1.01. The van der Waals surface area contributed by atoms with E-state index in [1.165, 1.54) is 12.1 Å². The summed E-state index contributed by atoms with van der Waals surface area (Å²) in [5, 5.41) is 22.7. The molecule has 0 radical (unpaired) electrons. The minimum atomic E-state index is -0.543. The fraction of sp³-hybridized carbons (Fsp3) is 0.462. The summed E-state index contributed by atoms with van der Waals surface area (Å²) in [6.45, 7) is 2.16. The van der Waals surface area contributed by atoms with Gasteiger partial charge in [-0.2, -0.15) is 0 Å². The van der Waals surface area contributed by atoms with E-state index in [1.807, 2.05) is 6.92 Å². The van der Waals surface area contributed by atoms with Gasteiger partial charge < -0.3 is 10.4 Å². The van der Waals surface area contributed by atoms with E-state index in [0.29, 0.717) is 12.0 Å². The van der Waals surface area contributed by atoms with Gasteiger partial charge in [0.15, 0.2) is 0 Å². The van der Waals surface area contributed by atoms with E-state index in [1.54, 1.807) is 12.1 Å². The SMILES string of the molecule is CCCC(O)CNC(=O)Cc1cccc([N+](=O)[O-])c1. The molecule has 1 amide bonds. The summed E-state index contributed by atoms with van der Waals surface area (Å²) in [5.74, 6) is -0.254. The molecule has 0 spiro atoms. The molecular weight excluding hydrogens is 248 g/mol. The molecule has 1 aromatic carbocycles. The Morgan fingerprint density at radius 3 is 2.89 bits per heavy atom. The van der Waals surface area contributed by atoms with Crippen LogP contribution in [-0.4, -0.2) is 28.6 Å². The number of non-ortho nitro benzene ring substituents is 1. The smallest absolute Gasteiger partial charge is 0.269 e. The number of aliphatic hydroxyl groups is 1. The second-order valence-corrected chi connectivity index (χ2v) is 4.35. The maximum absolute atomic E-state index is 11.6. The van der Waals surface area contributed by atoms with E-state index in [4.69, 9.17) is 0 Å². The molecule has 0 saturated heterocycles. The van der Waals surface area contributed by atoms with Gasteiger partial charge in [0, 0.05) is 18.7 Å². The molecule has 1 aromatic rings. The van der Waals surface area contributed by atoms with E-state index >= 15 is 0 Å². The molecule has 0 bridgehead atoms. The van der Waals surface area contributed by atoms with Gasteiger partial charge in [-0.3, -0.25) is 14.9 Å². The Morgan fingerprint density at radius 2 is 2.26 bits per heavy atom. The van der Waals surface area contributed by atoms with Crippen molar-refractivity contribution in [3.63, 3.8) is 0 Å². The third-order valence-electron chi connectivity index (χ3n) is 2.64. The van der Waals surface area contributed by atoms with Gasteiger partial charge in [-0.05, 0) is 12.0 Å². The highest BCUT2D eigenvalue weighted by Gasteiger charge is 2.10. The number of rotatable bonds is 7. The van der Waals surface area contributed by atoms with Gasteiger partial charge in [-0.1, -0.05) is 25.5 Å². The van der Waals surface area contributed by atoms with Gasteiger partial charge in [0.1, 0.15) is 0 Å². The van der Waals surface area contributed by atoms with E-state index in [2.05, 4.69) is 5.32 Å². The zero-order chi connectivity index (χ0) is 14.3. The van der Waals surface area contributed by atoms with Crippen molar-refractivity contribution in [2.75, 3.05) is 6.54 Å². The van der Waals surface area contributed by atoms with Crippen LogP contribution < -0.4 is 5.32 Å². The zero-order valence-electron chi connectivity index (χ0n) is 10.8. The topological polar surface area (TPSA) is 92.5 Å². The summed E-state index contributed by atoms with van der Waals surface area (Å²) < 4.78 is 0. The molecule has 1 unspecified atom stereocenters. The van der Waals surface area contributed by atoms with Gasteiger partial charge in [-0.25, -0.2) is 0 Å². The van der Waals surface area contributed by atoms with Crippen molar-refractivity contribution in [1.29, 1.82) is 0 Å². The maximum Gasteiger partial charge on any atom is 0.269 e. The Hall–Kier alpha value is -1.95. The molecule has 0 aliphatic carbocycles. The highest BCUT2D eigenvalue weighted by molar-refractivity contribution is 5.78. The number of nitro groups is 1. The number of nitrogens with one attached hydrogen (secondary N) is 1. The highest BCUT2D eigenvalue weighted by atomic mass is 16.6. The van der Waals surface area contributed by atoms with Crippen molar-refractivity contribution in [2.45, 2.75) is 32.3 Å². The number of carbonyl (C=O) groups is 1. The molecule has 104 valence electrons. The van der Waals surface area contributed by atoms with Gasteiger partial charge in [0.25, 0.3) is 5.69 Å². The Kier molecular flexibility index (Phi) is 5.95. The molecule has 0 saturated carbocycles. The second kappa shape index (κ2) is 7.48. The number of carbonyl (C=O) groups excluding carboxylic acids is 1. The van der Waals surface area contributed by atoms with Crippen LogP contribution >= 0.6 is 0 Å². The molecule has 0 aromatic heterocycles. The molecule has 1 atom stereocenters. The molecule has 0 aliphatic rings. The van der Waals surface area contributed by atoms with Crippen LogP contribution in [0.5, 0.6) is 0 Å². The summed E-state index contributed by atoms with van der Waals surface area (Å²) in [7, 11) is 0. The van der Waals surface area contributed by atoms with Crippen LogP contribution in [-0.2, 0) is 11.2 Å². The van der Waals surface area contributed by atoms with Gasteiger partial charge in [0.05, 0.1) is 17.4 Å². The van der Waals surface area contributed by atoms with Crippen LogP contribution in [0, 0.1) is 10.1 Å². The lowest BCUT2D eigenvalue weighted by molar-refractivity contribution is -0.384. The van der Waals surface area contributed by atoms with Crippen molar-refractivity contribution >= 4 is 11.6 Å². The van der Waals surface area contributed by atoms with Crippen molar-refractivity contribution in [1.82, 2.24) is 5.32 Å². The van der Waals surface area contributed by atoms with Gasteiger partial charge in [0.2, 0.25) is 5.91 Å². The second-order valence-electron chi connectivity index (χ2n) is 4.35. The first-order chi connectivity index (χ1) is 9.02. The third-order valence-corrected chi connectivity index (χ3v) is 2.64. The predicted octanol–water partition coefficient (Wildman–Crippen LogP) is 1.41. The number of nitro benzene ring substituents is 1. The fourth-order valence-electron chi connectivity index (χ4n) is 1.69. The molecule has 19 heavy (non-hydrogen) atoms. The molecule has 0 heterocycles. The number of hydrogen-bond donors (Lipinski definition) is 2. The van der Waals surface area contributed by atoms with E-state index in [-0.39, 0.29) is 24.6 Å². The van der Waals surface area contributed by atoms with Gasteiger partial charge in [-0.15, -0.1) is 0 Å². The van der Waals surface area contributed by atoms with Crippen molar-refractivity contribution < 1.29 is 14.8 Å². The highest BCUT2D eigenvalue weighted by Crippen LogP contribution is 2.13. The molecular formula is C13H18N2O4. The summed E-state index contributed by atoms with van der Waals surface area (Å²) in [5.41, 5.74) is 0.549. The first-order valence-electron chi connectivity index (χ1n) is 6.21. The Bertz CT molecular complexity index is 448. The molecule has 1 rings (SSSR count). The van der Waals surface area contributed by atoms with Crippen LogP contribution in [0.3, 0.4) is 0 Å². The quantitative estimate of drug-likeness (QED) is 0.576. The average Bonchev–Trinajstić information content (AvgIpc) is 2.37. The minimum Gasteiger partial charge on any atom is -0.391 e. The van der Waals surface area contributed by atoms with Crippen LogP contribution in [0.25, 0.3) is 0 Å². The lowest BCUT2D eigenvalue weighted by Crippen LogP contribution is -2.33. The van der Waals surface area contributed by atoms with E-state index < -0.39 is 11.0 Å². The minimum absolute atomic E-state index is 0.0312. The first kappa shape index (κ1) is 15.1. The largest absolute Gasteiger partial charge is 0.391 e. The monoisotopic (exact) mass is 266 g/mol. The number of benzene rings is 1. The number of nitrogens with zero attached hydrogens (tertiary/aromatic N) is 1. The Labute approximate surface area is 111 Å². The lowest BCUT2D eigenvalue weighted by atomic mass is 10.1. The molecule has 2 N–H and O–H groups in total. The maximum atomic E-state index is 11.6. The normalized spacial score (nSPS) is 11.9. The predicted molar refractivity (Wildman–Crippen MR) is 70.7 cm³/mol. The number of aliphatic hydroxyl groups excluding tert-OH is 1. The molecule has 0 fully saturated rings. The first-order valence-corrected chi connectivity index (χ1v) is 6.21. The number of hydrogen-bond acceptors (Lipinski definition) is 4. The average molecular weight is 266 g/mol. The molecule has 6 heteroatoms. The van der Waals surface area contributed by atoms with E-state index in [9.17, 15) is 20.0 Å². The zero-order valence-corrected chi connectivity index (χ0v) is 10.8. The van der Waals surface area contributed by atoms with Crippen molar-refractivity contribution in [3.05, 3.63) is 39.9 Å².